The van der Waals surface area contributed by atoms with Gasteiger partial charge in [-0.25, -0.2) is 10.9 Å². The van der Waals surface area contributed by atoms with Crippen LogP contribution in [0.2, 0.25) is 5.02 Å². The van der Waals surface area contributed by atoms with Crippen LogP contribution in [0.4, 0.5) is 0 Å². The highest BCUT2D eigenvalue weighted by atomic mass is 35.5. The largest absolute Gasteiger partial charge is 0.503 e. The third-order valence-electron chi connectivity index (χ3n) is 5.84. The number of phenols is 1. The third-order valence-corrected chi connectivity index (χ3v) is 6.12. The van der Waals surface area contributed by atoms with Crippen molar-refractivity contribution in [1.82, 2.24) is 10.9 Å². The Morgan fingerprint density at radius 1 is 1.19 bits per heavy atom. The maximum absolute atomic E-state index is 10.2. The molecule has 0 saturated carbocycles. The summed E-state index contributed by atoms with van der Waals surface area (Å²) in [5.74, 6) is 0.668. The first kappa shape index (κ1) is 19.6. The van der Waals surface area contributed by atoms with E-state index in [1.807, 2.05) is 18.2 Å². The zero-order valence-corrected chi connectivity index (χ0v) is 17.1. The molecule has 5 N–H and O–H groups in total. The number of nitrogens with zero attached hydrogens (tertiary/aromatic N) is 1. The molecule has 0 aliphatic carbocycles. The van der Waals surface area contributed by atoms with Crippen LogP contribution in [0, 0.1) is 17.2 Å². The second-order valence-corrected chi connectivity index (χ2v) is 7.82. The van der Waals surface area contributed by atoms with Gasteiger partial charge in [0.2, 0.25) is 12.7 Å². The molecule has 3 heterocycles. The molecule has 4 unspecified atom stereocenters. The number of hydrogen-bond acceptors (Lipinski definition) is 9. The van der Waals surface area contributed by atoms with E-state index in [1.165, 1.54) is 7.11 Å². The molecule has 9 nitrogen and oxygen atoms in total. The van der Waals surface area contributed by atoms with Gasteiger partial charge in [0.05, 0.1) is 23.7 Å². The molecule has 0 aromatic heterocycles. The summed E-state index contributed by atoms with van der Waals surface area (Å²) in [6.07, 6.45) is -0.504. The molecule has 0 amide bonds. The predicted octanol–water partition coefficient (Wildman–Crippen LogP) is 2.38. The molecule has 31 heavy (non-hydrogen) atoms. The number of benzene rings is 2. The van der Waals surface area contributed by atoms with Gasteiger partial charge >= 0.3 is 0 Å². The number of hydrogen-bond donors (Lipinski definition) is 4. The average Bonchev–Trinajstić information content (AvgIpc) is 3.40. The topological polar surface area (TPSA) is 131 Å². The quantitative estimate of drug-likeness (QED) is 0.565. The fraction of sp³-hybridized carbons (Fsp3) is 0.286. The van der Waals surface area contributed by atoms with E-state index in [4.69, 9.17) is 36.3 Å². The predicted molar refractivity (Wildman–Crippen MR) is 109 cm³/mol. The first-order chi connectivity index (χ1) is 15.0. The number of allylic oxidation sites excluding steroid dienone is 1. The van der Waals surface area contributed by atoms with Crippen LogP contribution in [0.5, 0.6) is 23.0 Å². The van der Waals surface area contributed by atoms with Crippen LogP contribution in [0.15, 0.2) is 41.8 Å². The number of phenolic OH excluding ortho intramolecular Hbond substituents is 1. The van der Waals surface area contributed by atoms with Crippen molar-refractivity contribution in [2.24, 2.45) is 11.7 Å². The van der Waals surface area contributed by atoms with Gasteiger partial charge in [0.1, 0.15) is 6.07 Å². The molecule has 1 fully saturated rings. The third kappa shape index (κ3) is 3.08. The summed E-state index contributed by atoms with van der Waals surface area (Å²) in [4.78, 5) is 0. The Kier molecular flexibility index (Phi) is 4.70. The van der Waals surface area contributed by atoms with Crippen molar-refractivity contribution in [2.75, 3.05) is 13.9 Å². The summed E-state index contributed by atoms with van der Waals surface area (Å²) >= 11 is 6.25. The molecule has 3 aliphatic heterocycles. The van der Waals surface area contributed by atoms with Gasteiger partial charge < -0.3 is 29.8 Å². The molecule has 10 heteroatoms. The van der Waals surface area contributed by atoms with Gasteiger partial charge in [-0.1, -0.05) is 17.7 Å². The molecule has 0 radical (unpaired) electrons. The van der Waals surface area contributed by atoms with Crippen LogP contribution >= 0.6 is 11.6 Å². The van der Waals surface area contributed by atoms with Crippen molar-refractivity contribution >= 4 is 11.6 Å². The van der Waals surface area contributed by atoms with Crippen LogP contribution in [-0.4, -0.2) is 25.2 Å². The maximum atomic E-state index is 10.2. The Bertz CT molecular complexity index is 1130. The lowest BCUT2D eigenvalue weighted by molar-refractivity contribution is 0.0340. The highest BCUT2D eigenvalue weighted by Gasteiger charge is 2.49. The molecule has 0 bridgehead atoms. The molecule has 160 valence electrons. The number of rotatable bonds is 3. The standard InChI is InChI=1S/C21H19ClN4O5/c1-28-15-6-10(4-12(22)19(15)27)16-11(7-23)20(24)31-21-17(16)18(25-26-21)9-2-3-13-14(5-9)30-8-29-13/h2-6,16-18,21,25-27H,8,24H2,1H3. The number of ether oxygens (including phenoxy) is 4. The molecule has 1 saturated heterocycles. The molecular weight excluding hydrogens is 424 g/mol. The number of hydrazine groups is 1. The minimum Gasteiger partial charge on any atom is -0.503 e. The van der Waals surface area contributed by atoms with Crippen molar-refractivity contribution in [3.63, 3.8) is 0 Å². The minimum atomic E-state index is -0.504. The minimum absolute atomic E-state index is 0.0394. The van der Waals surface area contributed by atoms with E-state index >= 15 is 0 Å². The SMILES string of the molecule is COc1cc(C2C(C#N)=C(N)OC3NNC(c4ccc5c(c4)OCO5)C32)cc(Cl)c1O. The lowest BCUT2D eigenvalue weighted by Gasteiger charge is -2.36. The fourth-order valence-electron chi connectivity index (χ4n) is 4.42. The van der Waals surface area contributed by atoms with Gasteiger partial charge in [-0.15, -0.1) is 0 Å². The van der Waals surface area contributed by atoms with Gasteiger partial charge in [-0.3, -0.25) is 0 Å². The Labute approximate surface area is 182 Å². The van der Waals surface area contributed by atoms with Crippen molar-refractivity contribution in [3.8, 4) is 29.1 Å². The van der Waals surface area contributed by atoms with Gasteiger partial charge in [0.15, 0.2) is 29.2 Å². The second kappa shape index (κ2) is 7.42. The van der Waals surface area contributed by atoms with Gasteiger partial charge in [0.25, 0.3) is 0 Å². The normalized spacial score (nSPS) is 26.2. The first-order valence-corrected chi connectivity index (χ1v) is 9.93. The summed E-state index contributed by atoms with van der Waals surface area (Å²) in [6.45, 7) is 0.177. The summed E-state index contributed by atoms with van der Waals surface area (Å²) in [7, 11) is 1.44. The smallest absolute Gasteiger partial charge is 0.231 e. The molecule has 2 aromatic carbocycles. The van der Waals surface area contributed by atoms with Gasteiger partial charge in [-0.2, -0.15) is 5.26 Å². The van der Waals surface area contributed by atoms with E-state index in [2.05, 4.69) is 16.9 Å². The fourth-order valence-corrected chi connectivity index (χ4v) is 4.63. The van der Waals surface area contributed by atoms with E-state index in [9.17, 15) is 10.4 Å². The lowest BCUT2D eigenvalue weighted by Crippen LogP contribution is -2.41. The number of nitrogens with one attached hydrogen (secondary N) is 2. The maximum Gasteiger partial charge on any atom is 0.231 e. The Morgan fingerprint density at radius 2 is 2.00 bits per heavy atom. The van der Waals surface area contributed by atoms with Crippen LogP contribution < -0.4 is 30.8 Å². The molecule has 4 atom stereocenters. The highest BCUT2D eigenvalue weighted by molar-refractivity contribution is 6.32. The highest BCUT2D eigenvalue weighted by Crippen LogP contribution is 2.50. The van der Waals surface area contributed by atoms with E-state index in [0.717, 1.165) is 5.56 Å². The van der Waals surface area contributed by atoms with E-state index in [0.29, 0.717) is 17.1 Å². The van der Waals surface area contributed by atoms with Crippen LogP contribution in [0.3, 0.4) is 0 Å². The average molecular weight is 443 g/mol. The number of aromatic hydroxyl groups is 1. The Hall–Kier alpha value is -3.32. The first-order valence-electron chi connectivity index (χ1n) is 9.55. The Morgan fingerprint density at radius 3 is 2.77 bits per heavy atom. The van der Waals surface area contributed by atoms with Gasteiger partial charge in [0, 0.05) is 11.8 Å². The number of methoxy groups -OCH3 is 1. The van der Waals surface area contributed by atoms with Crippen molar-refractivity contribution in [3.05, 3.63) is 57.9 Å². The van der Waals surface area contributed by atoms with Crippen LogP contribution in [0.1, 0.15) is 23.1 Å². The van der Waals surface area contributed by atoms with E-state index in [1.54, 1.807) is 12.1 Å². The number of halogens is 1. The van der Waals surface area contributed by atoms with Crippen molar-refractivity contribution < 1.29 is 24.1 Å². The molecule has 3 aliphatic rings. The zero-order chi connectivity index (χ0) is 21.7. The van der Waals surface area contributed by atoms with Crippen LogP contribution in [-0.2, 0) is 4.74 Å². The number of nitriles is 1. The van der Waals surface area contributed by atoms with E-state index in [-0.39, 0.29) is 46.7 Å². The van der Waals surface area contributed by atoms with E-state index < -0.39 is 12.1 Å². The second-order valence-electron chi connectivity index (χ2n) is 7.42. The monoisotopic (exact) mass is 442 g/mol. The molecular formula is C21H19ClN4O5. The summed E-state index contributed by atoms with van der Waals surface area (Å²) in [5, 5.41) is 20.2. The van der Waals surface area contributed by atoms with Crippen molar-refractivity contribution in [2.45, 2.75) is 18.2 Å². The van der Waals surface area contributed by atoms with Crippen LogP contribution in [0.25, 0.3) is 0 Å². The lowest BCUT2D eigenvalue weighted by atomic mass is 9.74. The zero-order valence-electron chi connectivity index (χ0n) is 16.4. The molecule has 0 spiro atoms. The summed E-state index contributed by atoms with van der Waals surface area (Å²) in [5.41, 5.74) is 14.3. The summed E-state index contributed by atoms with van der Waals surface area (Å²) < 4.78 is 22.0. The van der Waals surface area contributed by atoms with Gasteiger partial charge in [-0.05, 0) is 35.4 Å². The van der Waals surface area contributed by atoms with Crippen molar-refractivity contribution in [1.29, 1.82) is 5.26 Å². The summed E-state index contributed by atoms with van der Waals surface area (Å²) in [6, 6.07) is 10.9. The molecule has 2 aromatic rings. The Balaban J connectivity index is 1.63. The molecule has 5 rings (SSSR count). The number of fused-ring (bicyclic) bond motifs is 2. The number of nitrogens with two attached hydrogens (primary N) is 1.